The van der Waals surface area contributed by atoms with Crippen LogP contribution < -0.4 is 4.31 Å². The monoisotopic (exact) mass is 436 g/mol. The van der Waals surface area contributed by atoms with Gasteiger partial charge in [-0.3, -0.25) is 13.9 Å². The van der Waals surface area contributed by atoms with E-state index >= 15 is 0 Å². The smallest absolute Gasteiger partial charge is 0.245 e. The lowest BCUT2D eigenvalue weighted by Crippen LogP contribution is -2.48. The summed E-state index contributed by atoms with van der Waals surface area (Å²) in [4.78, 5) is 2.35. The van der Waals surface area contributed by atoms with Gasteiger partial charge < -0.3 is 0 Å². The van der Waals surface area contributed by atoms with Crippen molar-refractivity contribution >= 4 is 15.7 Å². The Balaban J connectivity index is 1.41. The number of sulfonamides is 1. The lowest BCUT2D eigenvalue weighted by Gasteiger charge is -2.39. The average Bonchev–Trinajstić information content (AvgIpc) is 3.32. The van der Waals surface area contributed by atoms with E-state index in [9.17, 15) is 8.42 Å². The summed E-state index contributed by atoms with van der Waals surface area (Å²) in [6.45, 7) is 5.63. The fourth-order valence-corrected chi connectivity index (χ4v) is 7.30. The van der Waals surface area contributed by atoms with Gasteiger partial charge in [0.25, 0.3) is 0 Å². The zero-order chi connectivity index (χ0) is 21.5. The molecule has 0 radical (unpaired) electrons. The predicted molar refractivity (Wildman–Crippen MR) is 122 cm³/mol. The van der Waals surface area contributed by atoms with Gasteiger partial charge in [0.1, 0.15) is 4.75 Å². The Morgan fingerprint density at radius 1 is 0.935 bits per heavy atom. The molecule has 1 spiro atoms. The zero-order valence-corrected chi connectivity index (χ0v) is 18.6. The van der Waals surface area contributed by atoms with Gasteiger partial charge in [0.2, 0.25) is 10.0 Å². The van der Waals surface area contributed by atoms with Gasteiger partial charge in [-0.05, 0) is 37.0 Å². The van der Waals surface area contributed by atoms with Crippen molar-refractivity contribution in [3.8, 4) is 0 Å². The van der Waals surface area contributed by atoms with Crippen LogP contribution in [0.1, 0.15) is 36.5 Å². The summed E-state index contributed by atoms with van der Waals surface area (Å²) in [7, 11) is -3.51. The Morgan fingerprint density at radius 3 is 2.35 bits per heavy atom. The average molecular weight is 437 g/mol. The van der Waals surface area contributed by atoms with E-state index in [-0.39, 0.29) is 0 Å². The third kappa shape index (κ3) is 3.36. The van der Waals surface area contributed by atoms with E-state index in [1.165, 1.54) is 5.56 Å². The minimum Gasteiger partial charge on any atom is -0.299 e. The van der Waals surface area contributed by atoms with Crippen LogP contribution in [0.25, 0.3) is 0 Å². The second-order valence-electron chi connectivity index (χ2n) is 8.49. The van der Waals surface area contributed by atoms with Crippen molar-refractivity contribution < 1.29 is 8.42 Å². The number of rotatable bonds is 5. The van der Waals surface area contributed by atoms with Crippen LogP contribution in [-0.4, -0.2) is 36.2 Å². The fraction of sp³-hybridized carbons (Fsp3) is 0.375. The van der Waals surface area contributed by atoms with Crippen molar-refractivity contribution in [1.29, 1.82) is 0 Å². The highest BCUT2D eigenvalue weighted by Gasteiger charge is 2.56. The van der Waals surface area contributed by atoms with Gasteiger partial charge in [0.05, 0.1) is 18.4 Å². The highest BCUT2D eigenvalue weighted by Crippen LogP contribution is 2.53. The Hall–Kier alpha value is -2.64. The molecule has 31 heavy (non-hydrogen) atoms. The molecular formula is C24H28N4O2S. The molecule has 3 heterocycles. The van der Waals surface area contributed by atoms with E-state index in [0.717, 1.165) is 43.0 Å². The van der Waals surface area contributed by atoms with E-state index in [0.29, 0.717) is 19.4 Å². The molecule has 1 aromatic heterocycles. The molecule has 0 bridgehead atoms. The number of aryl methyl sites for hydroxylation is 1. The molecule has 3 aromatic rings. The number of hydrogen-bond donors (Lipinski definition) is 0. The Labute approximate surface area is 184 Å². The maximum atomic E-state index is 13.9. The zero-order valence-electron chi connectivity index (χ0n) is 17.8. The van der Waals surface area contributed by atoms with Gasteiger partial charge in [-0.1, -0.05) is 48.5 Å². The highest BCUT2D eigenvalue weighted by molar-refractivity contribution is 7.94. The SMILES string of the molecule is CCn1cc(CN2CCC3(CC2)c2ccccc2N(Cc2ccccc2)S3(=O)=O)cn1. The van der Waals surface area contributed by atoms with Crippen molar-refractivity contribution in [2.75, 3.05) is 17.4 Å². The Kier molecular flexibility index (Phi) is 5.10. The van der Waals surface area contributed by atoms with Crippen LogP contribution in [-0.2, 0) is 34.4 Å². The van der Waals surface area contributed by atoms with Gasteiger partial charge in [-0.25, -0.2) is 8.42 Å². The number of piperidine rings is 1. The van der Waals surface area contributed by atoms with E-state index in [1.807, 2.05) is 65.5 Å². The maximum Gasteiger partial charge on any atom is 0.245 e. The third-order valence-electron chi connectivity index (χ3n) is 6.70. The molecule has 0 saturated carbocycles. The second-order valence-corrected chi connectivity index (χ2v) is 10.7. The molecule has 2 aromatic carbocycles. The molecule has 5 rings (SSSR count). The van der Waals surface area contributed by atoms with E-state index < -0.39 is 14.8 Å². The first-order chi connectivity index (χ1) is 15.0. The molecule has 1 fully saturated rings. The molecule has 0 N–H and O–H groups in total. The van der Waals surface area contributed by atoms with Crippen molar-refractivity contribution in [1.82, 2.24) is 14.7 Å². The van der Waals surface area contributed by atoms with Gasteiger partial charge in [0.15, 0.2) is 0 Å². The molecule has 6 nitrogen and oxygen atoms in total. The van der Waals surface area contributed by atoms with E-state index in [1.54, 1.807) is 4.31 Å². The van der Waals surface area contributed by atoms with Crippen LogP contribution >= 0.6 is 0 Å². The lowest BCUT2D eigenvalue weighted by atomic mass is 9.87. The topological polar surface area (TPSA) is 58.4 Å². The summed E-state index contributed by atoms with van der Waals surface area (Å²) in [5.74, 6) is 0. The van der Waals surface area contributed by atoms with Crippen LogP contribution in [0.5, 0.6) is 0 Å². The fourth-order valence-electron chi connectivity index (χ4n) is 4.99. The normalized spacial score (nSPS) is 19.6. The standard InChI is InChI=1S/C24H28N4O2S/c1-2-27-18-21(16-25-27)17-26-14-12-24(13-15-26)22-10-6-7-11-23(22)28(31(24,29)30)19-20-8-4-3-5-9-20/h3-11,16,18H,2,12-15,17,19H2,1H3. The number of benzene rings is 2. The number of para-hydroxylation sites is 1. The maximum absolute atomic E-state index is 13.9. The summed E-state index contributed by atoms with van der Waals surface area (Å²) >= 11 is 0. The first-order valence-electron chi connectivity index (χ1n) is 10.9. The number of anilines is 1. The van der Waals surface area contributed by atoms with E-state index in [4.69, 9.17) is 0 Å². The number of nitrogens with zero attached hydrogens (tertiary/aromatic N) is 4. The van der Waals surface area contributed by atoms with Crippen molar-refractivity contribution in [2.24, 2.45) is 0 Å². The van der Waals surface area contributed by atoms with Gasteiger partial charge >= 0.3 is 0 Å². The molecule has 0 unspecified atom stereocenters. The Bertz CT molecular complexity index is 1170. The second kappa shape index (κ2) is 7.80. The van der Waals surface area contributed by atoms with Crippen LogP contribution in [0.15, 0.2) is 67.0 Å². The minimum atomic E-state index is -3.51. The molecule has 0 amide bonds. The Morgan fingerprint density at radius 2 is 1.65 bits per heavy atom. The molecule has 2 aliphatic rings. The van der Waals surface area contributed by atoms with Crippen LogP contribution in [0.3, 0.4) is 0 Å². The summed E-state index contributed by atoms with van der Waals surface area (Å²) in [5, 5.41) is 4.36. The summed E-state index contributed by atoms with van der Waals surface area (Å²) in [6.07, 6.45) is 5.21. The van der Waals surface area contributed by atoms with Crippen molar-refractivity contribution in [3.05, 3.63) is 83.7 Å². The summed E-state index contributed by atoms with van der Waals surface area (Å²) in [6, 6.07) is 17.7. The van der Waals surface area contributed by atoms with Gasteiger partial charge in [0, 0.05) is 37.9 Å². The number of likely N-dealkylation sites (tertiary alicyclic amines) is 1. The molecular weight excluding hydrogens is 408 g/mol. The van der Waals surface area contributed by atoms with Gasteiger partial charge in [-0.2, -0.15) is 5.10 Å². The van der Waals surface area contributed by atoms with Crippen molar-refractivity contribution in [3.63, 3.8) is 0 Å². The first kappa shape index (κ1) is 20.3. The van der Waals surface area contributed by atoms with Crippen LogP contribution in [0.2, 0.25) is 0 Å². The summed E-state index contributed by atoms with van der Waals surface area (Å²) < 4.78 is 30.6. The molecule has 7 heteroatoms. The van der Waals surface area contributed by atoms with Crippen LogP contribution in [0, 0.1) is 0 Å². The molecule has 0 aliphatic carbocycles. The largest absolute Gasteiger partial charge is 0.299 e. The van der Waals surface area contributed by atoms with Crippen molar-refractivity contribution in [2.45, 2.75) is 44.1 Å². The van der Waals surface area contributed by atoms with Crippen LogP contribution in [0.4, 0.5) is 5.69 Å². The first-order valence-corrected chi connectivity index (χ1v) is 12.4. The quantitative estimate of drug-likeness (QED) is 0.611. The highest BCUT2D eigenvalue weighted by atomic mass is 32.2. The predicted octanol–water partition coefficient (Wildman–Crippen LogP) is 3.74. The number of fused-ring (bicyclic) bond motifs is 2. The molecule has 1 saturated heterocycles. The number of aromatic nitrogens is 2. The van der Waals surface area contributed by atoms with Gasteiger partial charge in [-0.15, -0.1) is 0 Å². The number of hydrogen-bond acceptors (Lipinski definition) is 4. The molecule has 0 atom stereocenters. The third-order valence-corrected chi connectivity index (χ3v) is 9.22. The molecule has 2 aliphatic heterocycles. The minimum absolute atomic E-state index is 0.377. The lowest BCUT2D eigenvalue weighted by molar-refractivity contribution is 0.189. The van der Waals surface area contributed by atoms with E-state index in [2.05, 4.69) is 23.1 Å². The molecule has 162 valence electrons. The summed E-state index contributed by atoms with van der Waals surface area (Å²) in [5.41, 5.74) is 3.98.